The van der Waals surface area contributed by atoms with Crippen LogP contribution in [0.2, 0.25) is 0 Å². The second-order valence-corrected chi connectivity index (χ2v) is 5.36. The molecule has 0 bridgehead atoms. The number of rotatable bonds is 4. The SMILES string of the molecule is CC/C(=C(/c1ccncc1)c1ccc(O)cc1)c1ccccc1. The summed E-state index contributed by atoms with van der Waals surface area (Å²) in [6.45, 7) is 2.17. The lowest BCUT2D eigenvalue weighted by Crippen LogP contribution is -1.95. The lowest BCUT2D eigenvalue weighted by molar-refractivity contribution is 0.475. The second kappa shape index (κ2) is 6.93. The van der Waals surface area contributed by atoms with Gasteiger partial charge in [0.2, 0.25) is 0 Å². The van der Waals surface area contributed by atoms with Gasteiger partial charge in [-0.15, -0.1) is 0 Å². The summed E-state index contributed by atoms with van der Waals surface area (Å²) < 4.78 is 0. The molecule has 0 unspecified atom stereocenters. The van der Waals surface area contributed by atoms with Gasteiger partial charge in [-0.05, 0) is 58.5 Å². The number of phenolic OH excluding ortho intramolecular Hbond substituents is 1. The van der Waals surface area contributed by atoms with E-state index in [1.54, 1.807) is 12.1 Å². The van der Waals surface area contributed by atoms with E-state index in [0.717, 1.165) is 17.5 Å². The molecule has 3 rings (SSSR count). The Bertz CT molecular complexity index is 790. The number of aromatic nitrogens is 1. The summed E-state index contributed by atoms with van der Waals surface area (Å²) in [5.74, 6) is 0.278. The molecule has 2 aromatic carbocycles. The van der Waals surface area contributed by atoms with E-state index in [0.29, 0.717) is 0 Å². The molecule has 2 heteroatoms. The van der Waals surface area contributed by atoms with Crippen molar-refractivity contribution in [2.75, 3.05) is 0 Å². The van der Waals surface area contributed by atoms with Gasteiger partial charge >= 0.3 is 0 Å². The zero-order valence-electron chi connectivity index (χ0n) is 13.1. The third-order valence-electron chi connectivity index (χ3n) is 3.90. The Morgan fingerprint density at radius 3 is 2.00 bits per heavy atom. The van der Waals surface area contributed by atoms with E-state index < -0.39 is 0 Å². The summed E-state index contributed by atoms with van der Waals surface area (Å²) >= 11 is 0. The van der Waals surface area contributed by atoms with Gasteiger partial charge in [0.15, 0.2) is 0 Å². The minimum absolute atomic E-state index is 0.278. The van der Waals surface area contributed by atoms with E-state index >= 15 is 0 Å². The zero-order valence-corrected chi connectivity index (χ0v) is 13.1. The molecule has 1 N–H and O–H groups in total. The van der Waals surface area contributed by atoms with Gasteiger partial charge in [-0.1, -0.05) is 49.4 Å². The highest BCUT2D eigenvalue weighted by Gasteiger charge is 2.12. The highest BCUT2D eigenvalue weighted by Crippen LogP contribution is 2.34. The first kappa shape index (κ1) is 15.0. The monoisotopic (exact) mass is 301 g/mol. The average Bonchev–Trinajstić information content (AvgIpc) is 2.62. The van der Waals surface area contributed by atoms with Crippen LogP contribution in [-0.4, -0.2) is 10.1 Å². The van der Waals surface area contributed by atoms with E-state index in [4.69, 9.17) is 0 Å². The molecular formula is C21H19NO. The third kappa shape index (κ3) is 3.32. The fourth-order valence-corrected chi connectivity index (χ4v) is 2.83. The molecule has 0 saturated carbocycles. The highest BCUT2D eigenvalue weighted by molar-refractivity contribution is 5.98. The number of hydrogen-bond donors (Lipinski definition) is 1. The normalized spacial score (nSPS) is 11.9. The van der Waals surface area contributed by atoms with Crippen molar-refractivity contribution in [1.29, 1.82) is 0 Å². The third-order valence-corrected chi connectivity index (χ3v) is 3.90. The number of nitrogens with zero attached hydrogens (tertiary/aromatic N) is 1. The van der Waals surface area contributed by atoms with Crippen molar-refractivity contribution in [3.8, 4) is 5.75 Å². The quantitative estimate of drug-likeness (QED) is 0.675. The number of hydrogen-bond acceptors (Lipinski definition) is 2. The lowest BCUT2D eigenvalue weighted by Gasteiger charge is -2.16. The van der Waals surface area contributed by atoms with Gasteiger partial charge in [-0.3, -0.25) is 4.98 Å². The highest BCUT2D eigenvalue weighted by atomic mass is 16.3. The summed E-state index contributed by atoms with van der Waals surface area (Å²) in [5.41, 5.74) is 5.90. The minimum atomic E-state index is 0.278. The lowest BCUT2D eigenvalue weighted by atomic mass is 9.88. The molecule has 2 nitrogen and oxygen atoms in total. The molecule has 23 heavy (non-hydrogen) atoms. The van der Waals surface area contributed by atoms with Gasteiger partial charge in [-0.2, -0.15) is 0 Å². The Labute approximate surface area is 136 Å². The van der Waals surface area contributed by atoms with Crippen LogP contribution in [0.15, 0.2) is 79.1 Å². The topological polar surface area (TPSA) is 33.1 Å². The fourth-order valence-electron chi connectivity index (χ4n) is 2.83. The van der Waals surface area contributed by atoms with Crippen LogP contribution in [0.25, 0.3) is 11.1 Å². The summed E-state index contributed by atoms with van der Waals surface area (Å²) in [6.07, 6.45) is 4.55. The average molecular weight is 301 g/mol. The predicted molar refractivity (Wildman–Crippen MR) is 95.0 cm³/mol. The summed E-state index contributed by atoms with van der Waals surface area (Å²) in [4.78, 5) is 4.13. The fraction of sp³-hybridized carbons (Fsp3) is 0.0952. The smallest absolute Gasteiger partial charge is 0.115 e. The van der Waals surface area contributed by atoms with E-state index in [-0.39, 0.29) is 5.75 Å². The van der Waals surface area contributed by atoms with Gasteiger partial charge in [-0.25, -0.2) is 0 Å². The number of allylic oxidation sites excluding steroid dienone is 1. The van der Waals surface area contributed by atoms with E-state index in [1.165, 1.54) is 16.7 Å². The molecule has 114 valence electrons. The Morgan fingerprint density at radius 1 is 0.783 bits per heavy atom. The molecule has 1 heterocycles. The van der Waals surface area contributed by atoms with Crippen molar-refractivity contribution in [2.45, 2.75) is 13.3 Å². The molecule has 0 fully saturated rings. The Balaban J connectivity index is 2.26. The maximum absolute atomic E-state index is 9.60. The zero-order chi connectivity index (χ0) is 16.1. The van der Waals surface area contributed by atoms with Crippen LogP contribution in [0.1, 0.15) is 30.0 Å². The molecule has 0 aliphatic rings. The molecule has 0 saturated heterocycles. The Morgan fingerprint density at radius 2 is 1.39 bits per heavy atom. The van der Waals surface area contributed by atoms with Crippen LogP contribution in [0.4, 0.5) is 0 Å². The minimum Gasteiger partial charge on any atom is -0.508 e. The first-order valence-corrected chi connectivity index (χ1v) is 7.78. The van der Waals surface area contributed by atoms with Crippen molar-refractivity contribution in [3.63, 3.8) is 0 Å². The van der Waals surface area contributed by atoms with Gasteiger partial charge in [0.1, 0.15) is 5.75 Å². The molecular weight excluding hydrogens is 282 g/mol. The van der Waals surface area contributed by atoms with Crippen LogP contribution < -0.4 is 0 Å². The number of benzene rings is 2. The van der Waals surface area contributed by atoms with E-state index in [2.05, 4.69) is 36.2 Å². The van der Waals surface area contributed by atoms with Crippen LogP contribution in [0, 0.1) is 0 Å². The Hall–Kier alpha value is -2.87. The van der Waals surface area contributed by atoms with Gasteiger partial charge in [0.05, 0.1) is 0 Å². The maximum atomic E-state index is 9.60. The molecule has 3 aromatic rings. The molecule has 0 spiro atoms. The van der Waals surface area contributed by atoms with Crippen molar-refractivity contribution in [1.82, 2.24) is 4.98 Å². The maximum Gasteiger partial charge on any atom is 0.115 e. The Kier molecular flexibility index (Phi) is 4.53. The van der Waals surface area contributed by atoms with Gasteiger partial charge in [0.25, 0.3) is 0 Å². The van der Waals surface area contributed by atoms with Crippen molar-refractivity contribution in [2.24, 2.45) is 0 Å². The second-order valence-electron chi connectivity index (χ2n) is 5.36. The van der Waals surface area contributed by atoms with Crippen LogP contribution in [0.5, 0.6) is 5.75 Å². The van der Waals surface area contributed by atoms with Crippen LogP contribution in [0.3, 0.4) is 0 Å². The summed E-state index contributed by atoms with van der Waals surface area (Å²) in [5, 5.41) is 9.60. The largest absolute Gasteiger partial charge is 0.508 e. The first-order chi connectivity index (χ1) is 11.3. The first-order valence-electron chi connectivity index (χ1n) is 7.78. The van der Waals surface area contributed by atoms with E-state index in [1.807, 2.05) is 42.7 Å². The number of aromatic hydroxyl groups is 1. The molecule has 0 radical (unpaired) electrons. The van der Waals surface area contributed by atoms with Crippen LogP contribution >= 0.6 is 0 Å². The van der Waals surface area contributed by atoms with Crippen molar-refractivity contribution >= 4 is 11.1 Å². The predicted octanol–water partition coefficient (Wildman–Crippen LogP) is 5.16. The molecule has 1 aromatic heterocycles. The molecule has 0 aliphatic heterocycles. The van der Waals surface area contributed by atoms with E-state index in [9.17, 15) is 5.11 Å². The summed E-state index contributed by atoms with van der Waals surface area (Å²) in [6, 6.07) is 21.9. The van der Waals surface area contributed by atoms with Crippen LogP contribution in [-0.2, 0) is 0 Å². The van der Waals surface area contributed by atoms with Crippen molar-refractivity contribution in [3.05, 3.63) is 95.8 Å². The van der Waals surface area contributed by atoms with Gasteiger partial charge in [0, 0.05) is 12.4 Å². The molecule has 0 atom stereocenters. The molecule has 0 aliphatic carbocycles. The standard InChI is InChI=1S/C21H19NO/c1-2-20(16-6-4-3-5-7-16)21(18-12-14-22-15-13-18)17-8-10-19(23)11-9-17/h3-15,23H,2H2,1H3/b21-20-. The summed E-state index contributed by atoms with van der Waals surface area (Å²) in [7, 11) is 0. The molecule has 0 amide bonds. The number of pyridine rings is 1. The van der Waals surface area contributed by atoms with Crippen molar-refractivity contribution < 1.29 is 5.11 Å². The van der Waals surface area contributed by atoms with Gasteiger partial charge < -0.3 is 5.11 Å². The number of phenols is 1.